The van der Waals surface area contributed by atoms with Crippen molar-refractivity contribution < 1.29 is 17.6 Å². The summed E-state index contributed by atoms with van der Waals surface area (Å²) in [6.45, 7) is 8.24. The molecule has 0 amide bonds. The van der Waals surface area contributed by atoms with Gasteiger partial charge >= 0.3 is 6.18 Å². The quantitative estimate of drug-likeness (QED) is 0.366. The Morgan fingerprint density at radius 2 is 1.67 bits per heavy atom. The normalized spacial score (nSPS) is 24.4. The number of halogens is 4. The molecule has 43 heavy (non-hydrogen) atoms. The third-order valence-corrected chi connectivity index (χ3v) is 9.57. The van der Waals surface area contributed by atoms with Crippen LogP contribution in [0.25, 0.3) is 0 Å². The topological polar surface area (TPSA) is 56.6 Å². The van der Waals surface area contributed by atoms with E-state index in [4.69, 9.17) is 0 Å². The number of benzene rings is 1. The number of piperazine rings is 1. The number of rotatable bonds is 7. The first-order valence-electron chi connectivity index (χ1n) is 15.2. The lowest BCUT2D eigenvalue weighted by Gasteiger charge is -2.54. The fraction of sp³-hybridized carbons (Fsp3) is 0.581. The van der Waals surface area contributed by atoms with E-state index in [-0.39, 0.29) is 18.1 Å². The lowest BCUT2D eigenvalue weighted by atomic mass is 9.91. The minimum absolute atomic E-state index is 0.0525. The van der Waals surface area contributed by atoms with Crippen molar-refractivity contribution in [1.82, 2.24) is 29.5 Å². The maximum absolute atomic E-state index is 14.1. The molecule has 0 bridgehead atoms. The molecule has 5 heterocycles. The van der Waals surface area contributed by atoms with Gasteiger partial charge in [-0.05, 0) is 37.8 Å². The maximum atomic E-state index is 14.1. The number of aromatic nitrogens is 4. The zero-order chi connectivity index (χ0) is 30.3. The van der Waals surface area contributed by atoms with Crippen molar-refractivity contribution in [3.05, 3.63) is 65.2 Å². The summed E-state index contributed by atoms with van der Waals surface area (Å²) in [6, 6.07) is 11.6. The van der Waals surface area contributed by atoms with Gasteiger partial charge in [-0.2, -0.15) is 18.3 Å². The van der Waals surface area contributed by atoms with E-state index in [0.717, 1.165) is 37.1 Å². The second-order valence-corrected chi connectivity index (χ2v) is 12.2. The molecule has 0 spiro atoms. The van der Waals surface area contributed by atoms with Crippen molar-refractivity contribution in [2.75, 3.05) is 55.7 Å². The molecule has 0 unspecified atom stereocenters. The summed E-state index contributed by atoms with van der Waals surface area (Å²) in [5.74, 6) is -0.174. The number of hydrogen-bond donors (Lipinski definition) is 0. The molecule has 3 aliphatic heterocycles. The Morgan fingerprint density at radius 1 is 0.953 bits per heavy atom. The van der Waals surface area contributed by atoms with E-state index < -0.39 is 18.7 Å². The molecule has 0 radical (unpaired) electrons. The molecule has 232 valence electrons. The van der Waals surface area contributed by atoms with Crippen LogP contribution < -0.4 is 9.80 Å². The van der Waals surface area contributed by atoms with Gasteiger partial charge in [-0.1, -0.05) is 30.3 Å². The van der Waals surface area contributed by atoms with E-state index in [9.17, 15) is 17.6 Å². The third-order valence-electron chi connectivity index (χ3n) is 9.57. The molecule has 3 aliphatic rings. The molecule has 3 saturated heterocycles. The predicted molar refractivity (Wildman–Crippen MR) is 158 cm³/mol. The Bertz CT molecular complexity index is 1370. The number of aryl methyl sites for hydroxylation is 2. The van der Waals surface area contributed by atoms with Crippen LogP contribution in [0.1, 0.15) is 48.3 Å². The molecule has 1 aromatic carbocycles. The van der Waals surface area contributed by atoms with Gasteiger partial charge in [0.1, 0.15) is 18.3 Å². The van der Waals surface area contributed by atoms with Crippen molar-refractivity contribution in [2.45, 2.75) is 63.5 Å². The number of piperidine rings is 1. The minimum Gasteiger partial charge on any atom is -0.356 e. The van der Waals surface area contributed by atoms with Gasteiger partial charge in [0.2, 0.25) is 5.82 Å². The highest BCUT2D eigenvalue weighted by Crippen LogP contribution is 2.37. The van der Waals surface area contributed by atoms with E-state index in [0.29, 0.717) is 50.3 Å². The standard InChI is InChI=1S/C31H40F4N8/c1-21-17-36-39(3)29(21)24-9-11-40(12-10-24)27-15-28(38-30(37-27)31(33,34)35)43-20-26(22(43)2)42-14-13-41(25(16-32)19-42)18-23-7-5-4-6-8-23/h4-8,15,17,22,24-26H,9-14,16,18-20H2,1-3H3/t22-,25-,26-/m1/s1. The first-order valence-corrected chi connectivity index (χ1v) is 15.2. The average molecular weight is 601 g/mol. The average Bonchev–Trinajstić information content (AvgIpc) is 3.34. The predicted octanol–water partition coefficient (Wildman–Crippen LogP) is 4.65. The lowest BCUT2D eigenvalue weighted by Crippen LogP contribution is -2.69. The number of hydrogen-bond acceptors (Lipinski definition) is 7. The smallest absolute Gasteiger partial charge is 0.356 e. The largest absolute Gasteiger partial charge is 0.451 e. The summed E-state index contributed by atoms with van der Waals surface area (Å²) in [4.78, 5) is 16.3. The highest BCUT2D eigenvalue weighted by molar-refractivity contribution is 5.54. The van der Waals surface area contributed by atoms with Crippen molar-refractivity contribution in [3.8, 4) is 0 Å². The molecule has 12 heteroatoms. The van der Waals surface area contributed by atoms with Crippen molar-refractivity contribution in [2.24, 2.45) is 7.05 Å². The Balaban J connectivity index is 1.13. The molecule has 2 aromatic heterocycles. The van der Waals surface area contributed by atoms with Crippen LogP contribution in [0.2, 0.25) is 0 Å². The highest BCUT2D eigenvalue weighted by Gasteiger charge is 2.44. The first kappa shape index (κ1) is 29.8. The fourth-order valence-electron chi connectivity index (χ4n) is 7.09. The summed E-state index contributed by atoms with van der Waals surface area (Å²) in [5, 5.41) is 4.36. The molecule has 0 saturated carbocycles. The van der Waals surface area contributed by atoms with Crippen LogP contribution in [0.5, 0.6) is 0 Å². The number of alkyl halides is 4. The molecule has 0 aliphatic carbocycles. The first-order chi connectivity index (χ1) is 20.6. The van der Waals surface area contributed by atoms with Crippen LogP contribution in [-0.4, -0.2) is 93.6 Å². The van der Waals surface area contributed by atoms with E-state index >= 15 is 0 Å². The second kappa shape index (κ2) is 12.0. The molecular formula is C31H40F4N8. The van der Waals surface area contributed by atoms with Gasteiger partial charge in [-0.3, -0.25) is 14.5 Å². The Hall–Kier alpha value is -3.25. The van der Waals surface area contributed by atoms with E-state index in [1.807, 2.05) is 59.8 Å². The third kappa shape index (κ3) is 6.08. The van der Waals surface area contributed by atoms with Crippen LogP contribution in [0.15, 0.2) is 42.6 Å². The van der Waals surface area contributed by atoms with Crippen LogP contribution in [-0.2, 0) is 19.8 Å². The summed E-state index contributed by atoms with van der Waals surface area (Å²) in [6.07, 6.45) is -1.16. The molecular weight excluding hydrogens is 560 g/mol. The van der Waals surface area contributed by atoms with Gasteiger partial charge in [0.25, 0.3) is 0 Å². The summed E-state index contributed by atoms with van der Waals surface area (Å²) < 4.78 is 57.9. The van der Waals surface area contributed by atoms with Gasteiger partial charge in [0, 0.05) is 82.6 Å². The van der Waals surface area contributed by atoms with Crippen LogP contribution in [0, 0.1) is 6.92 Å². The molecule has 0 N–H and O–H groups in total. The van der Waals surface area contributed by atoms with Crippen molar-refractivity contribution >= 4 is 11.6 Å². The van der Waals surface area contributed by atoms with Gasteiger partial charge in [-0.15, -0.1) is 0 Å². The summed E-state index contributed by atoms with van der Waals surface area (Å²) >= 11 is 0. The van der Waals surface area contributed by atoms with Crippen LogP contribution in [0.4, 0.5) is 29.2 Å². The minimum atomic E-state index is -4.65. The second-order valence-electron chi connectivity index (χ2n) is 12.2. The van der Waals surface area contributed by atoms with Gasteiger partial charge in [-0.25, -0.2) is 14.4 Å². The SMILES string of the molecule is Cc1cnn(C)c1C1CCN(c2cc(N3C[C@@H](N4CCN(Cc5ccccc5)[C@H](CF)C4)[C@H]3C)nc(C(F)(F)F)n2)CC1. The van der Waals surface area contributed by atoms with Crippen molar-refractivity contribution in [1.29, 1.82) is 0 Å². The molecule has 3 fully saturated rings. The number of anilines is 2. The summed E-state index contributed by atoms with van der Waals surface area (Å²) in [5.41, 5.74) is 3.49. The Morgan fingerprint density at radius 3 is 2.30 bits per heavy atom. The van der Waals surface area contributed by atoms with Crippen molar-refractivity contribution in [3.63, 3.8) is 0 Å². The van der Waals surface area contributed by atoms with Crippen LogP contribution in [0.3, 0.4) is 0 Å². The zero-order valence-electron chi connectivity index (χ0n) is 25.0. The van der Waals surface area contributed by atoms with E-state index in [1.54, 1.807) is 6.07 Å². The van der Waals surface area contributed by atoms with E-state index in [1.165, 1.54) is 5.69 Å². The maximum Gasteiger partial charge on any atom is 0.451 e. The summed E-state index contributed by atoms with van der Waals surface area (Å²) in [7, 11) is 1.94. The number of nitrogens with zero attached hydrogens (tertiary/aromatic N) is 8. The fourth-order valence-corrected chi connectivity index (χ4v) is 7.09. The lowest BCUT2D eigenvalue weighted by molar-refractivity contribution is -0.144. The zero-order valence-corrected chi connectivity index (χ0v) is 25.0. The van der Waals surface area contributed by atoms with Crippen LogP contribution >= 0.6 is 0 Å². The van der Waals surface area contributed by atoms with Gasteiger partial charge in [0.15, 0.2) is 0 Å². The van der Waals surface area contributed by atoms with Gasteiger partial charge < -0.3 is 9.80 Å². The van der Waals surface area contributed by atoms with E-state index in [2.05, 4.69) is 37.0 Å². The van der Waals surface area contributed by atoms with Gasteiger partial charge in [0.05, 0.1) is 12.2 Å². The molecule has 3 aromatic rings. The molecule has 8 nitrogen and oxygen atoms in total. The Kier molecular flexibility index (Phi) is 8.34. The molecule has 3 atom stereocenters. The monoisotopic (exact) mass is 600 g/mol. The highest BCUT2D eigenvalue weighted by atomic mass is 19.4. The molecule has 6 rings (SSSR count). The Labute approximate surface area is 250 Å².